The number of nitrogens with zero attached hydrogens (tertiary/aromatic N) is 1. The highest BCUT2D eigenvalue weighted by atomic mass is 15.1. The molecule has 0 aromatic rings. The summed E-state index contributed by atoms with van der Waals surface area (Å²) >= 11 is 0. The van der Waals surface area contributed by atoms with Crippen LogP contribution < -0.4 is 5.32 Å². The van der Waals surface area contributed by atoms with Crippen molar-refractivity contribution >= 4 is 0 Å². The van der Waals surface area contributed by atoms with Gasteiger partial charge in [-0.25, -0.2) is 0 Å². The molecule has 0 amide bonds. The Balaban J connectivity index is 2.51. The largest absolute Gasteiger partial charge is 0.316 e. The van der Waals surface area contributed by atoms with E-state index in [4.69, 9.17) is 0 Å². The maximum absolute atomic E-state index is 3.55. The van der Waals surface area contributed by atoms with Crippen LogP contribution in [-0.4, -0.2) is 37.6 Å². The molecule has 1 aliphatic carbocycles. The molecule has 1 saturated carbocycles. The van der Waals surface area contributed by atoms with Gasteiger partial charge < -0.3 is 10.2 Å². The summed E-state index contributed by atoms with van der Waals surface area (Å²) in [7, 11) is 2.31. The standard InChI is InChI=1S/C15H32N2/c1-6-15(7-2,11-16-8-3)12-17(5)13(4)14-9-10-14/h13-14,16H,6-12H2,1-5H3. The van der Waals surface area contributed by atoms with Crippen LogP contribution in [0.4, 0.5) is 0 Å². The Kier molecular flexibility index (Phi) is 5.94. The van der Waals surface area contributed by atoms with Gasteiger partial charge in [-0.2, -0.15) is 0 Å². The summed E-state index contributed by atoms with van der Waals surface area (Å²) in [5, 5.41) is 3.55. The summed E-state index contributed by atoms with van der Waals surface area (Å²) in [6.07, 6.45) is 5.45. The van der Waals surface area contributed by atoms with Gasteiger partial charge in [0.15, 0.2) is 0 Å². The second kappa shape index (κ2) is 6.75. The quantitative estimate of drug-likeness (QED) is 0.666. The number of rotatable bonds is 9. The van der Waals surface area contributed by atoms with Crippen molar-refractivity contribution in [3.8, 4) is 0 Å². The average Bonchev–Trinajstić information content (AvgIpc) is 3.17. The molecule has 1 unspecified atom stereocenters. The first kappa shape index (κ1) is 15.0. The summed E-state index contributed by atoms with van der Waals surface area (Å²) in [5.74, 6) is 0.977. The second-order valence-corrected chi connectivity index (χ2v) is 5.98. The summed E-state index contributed by atoms with van der Waals surface area (Å²) in [4.78, 5) is 2.60. The maximum Gasteiger partial charge on any atom is 0.00923 e. The van der Waals surface area contributed by atoms with Crippen LogP contribution in [0.25, 0.3) is 0 Å². The Morgan fingerprint density at radius 3 is 2.24 bits per heavy atom. The smallest absolute Gasteiger partial charge is 0.00923 e. The number of nitrogens with one attached hydrogen (secondary N) is 1. The van der Waals surface area contributed by atoms with E-state index in [0.29, 0.717) is 5.41 Å². The van der Waals surface area contributed by atoms with Gasteiger partial charge in [0.1, 0.15) is 0 Å². The van der Waals surface area contributed by atoms with Crippen molar-refractivity contribution in [1.82, 2.24) is 10.2 Å². The Hall–Kier alpha value is -0.0800. The zero-order valence-corrected chi connectivity index (χ0v) is 12.6. The van der Waals surface area contributed by atoms with E-state index in [1.165, 1.54) is 32.2 Å². The van der Waals surface area contributed by atoms with Gasteiger partial charge in [0.05, 0.1) is 0 Å². The summed E-state index contributed by atoms with van der Waals surface area (Å²) in [5.41, 5.74) is 0.466. The minimum atomic E-state index is 0.466. The van der Waals surface area contributed by atoms with E-state index in [0.717, 1.165) is 25.0 Å². The molecule has 0 saturated heterocycles. The lowest BCUT2D eigenvalue weighted by atomic mass is 9.81. The van der Waals surface area contributed by atoms with E-state index in [1.54, 1.807) is 0 Å². The topological polar surface area (TPSA) is 15.3 Å². The third-order valence-corrected chi connectivity index (χ3v) is 4.83. The molecule has 2 heteroatoms. The van der Waals surface area contributed by atoms with Crippen LogP contribution in [0.5, 0.6) is 0 Å². The maximum atomic E-state index is 3.55. The van der Waals surface area contributed by atoms with Crippen molar-refractivity contribution in [3.63, 3.8) is 0 Å². The van der Waals surface area contributed by atoms with Crippen molar-refractivity contribution in [2.24, 2.45) is 11.3 Å². The van der Waals surface area contributed by atoms with Crippen LogP contribution in [0.1, 0.15) is 53.4 Å². The lowest BCUT2D eigenvalue weighted by molar-refractivity contribution is 0.119. The fourth-order valence-electron chi connectivity index (χ4n) is 2.78. The fourth-order valence-corrected chi connectivity index (χ4v) is 2.78. The van der Waals surface area contributed by atoms with E-state index in [-0.39, 0.29) is 0 Å². The lowest BCUT2D eigenvalue weighted by Gasteiger charge is -2.38. The summed E-state index contributed by atoms with van der Waals surface area (Å²) in [6.45, 7) is 12.8. The minimum absolute atomic E-state index is 0.466. The molecule has 0 aliphatic heterocycles. The highest BCUT2D eigenvalue weighted by Crippen LogP contribution is 2.36. The highest BCUT2D eigenvalue weighted by Gasteiger charge is 2.34. The molecule has 1 N–H and O–H groups in total. The molecule has 102 valence electrons. The monoisotopic (exact) mass is 240 g/mol. The van der Waals surface area contributed by atoms with Crippen molar-refractivity contribution in [2.75, 3.05) is 26.7 Å². The molecule has 2 nitrogen and oxygen atoms in total. The zero-order valence-electron chi connectivity index (χ0n) is 12.6. The zero-order chi connectivity index (χ0) is 12.9. The predicted octanol–water partition coefficient (Wildman–Crippen LogP) is 3.13. The van der Waals surface area contributed by atoms with E-state index in [2.05, 4.69) is 45.0 Å². The highest BCUT2D eigenvalue weighted by molar-refractivity contribution is 4.88. The van der Waals surface area contributed by atoms with Crippen molar-refractivity contribution in [1.29, 1.82) is 0 Å². The first-order valence-electron chi connectivity index (χ1n) is 7.49. The van der Waals surface area contributed by atoms with Gasteiger partial charge in [-0.3, -0.25) is 0 Å². The fraction of sp³-hybridized carbons (Fsp3) is 1.00. The molecule has 0 spiro atoms. The molecular weight excluding hydrogens is 208 g/mol. The van der Waals surface area contributed by atoms with E-state index in [1.807, 2.05) is 0 Å². The summed E-state index contributed by atoms with van der Waals surface area (Å²) < 4.78 is 0. The first-order valence-corrected chi connectivity index (χ1v) is 7.49. The Labute approximate surface area is 108 Å². The van der Waals surface area contributed by atoms with Crippen molar-refractivity contribution in [3.05, 3.63) is 0 Å². The van der Waals surface area contributed by atoms with Gasteiger partial charge in [-0.05, 0) is 57.5 Å². The Morgan fingerprint density at radius 1 is 1.24 bits per heavy atom. The number of hydrogen-bond acceptors (Lipinski definition) is 2. The van der Waals surface area contributed by atoms with Gasteiger partial charge in [0.2, 0.25) is 0 Å². The van der Waals surface area contributed by atoms with Crippen LogP contribution in [0, 0.1) is 11.3 Å². The Morgan fingerprint density at radius 2 is 1.82 bits per heavy atom. The first-order chi connectivity index (χ1) is 8.08. The van der Waals surface area contributed by atoms with Gasteiger partial charge in [-0.1, -0.05) is 20.8 Å². The van der Waals surface area contributed by atoms with Crippen LogP contribution in [0.3, 0.4) is 0 Å². The van der Waals surface area contributed by atoms with Crippen molar-refractivity contribution < 1.29 is 0 Å². The third-order valence-electron chi connectivity index (χ3n) is 4.83. The molecule has 1 rings (SSSR count). The lowest BCUT2D eigenvalue weighted by Crippen LogP contribution is -2.45. The average molecular weight is 240 g/mol. The molecule has 0 aromatic carbocycles. The van der Waals surface area contributed by atoms with Crippen molar-refractivity contribution in [2.45, 2.75) is 59.4 Å². The molecular formula is C15H32N2. The molecule has 1 aliphatic rings. The van der Waals surface area contributed by atoms with Gasteiger partial charge in [0.25, 0.3) is 0 Å². The number of hydrogen-bond donors (Lipinski definition) is 1. The van der Waals surface area contributed by atoms with E-state index >= 15 is 0 Å². The van der Waals surface area contributed by atoms with Gasteiger partial charge in [0, 0.05) is 19.1 Å². The molecule has 0 heterocycles. The van der Waals surface area contributed by atoms with Crippen LogP contribution in [0.2, 0.25) is 0 Å². The molecule has 0 bridgehead atoms. The predicted molar refractivity (Wildman–Crippen MR) is 76.4 cm³/mol. The third kappa shape index (κ3) is 4.26. The Bertz CT molecular complexity index is 207. The molecule has 1 fully saturated rings. The van der Waals surface area contributed by atoms with Gasteiger partial charge >= 0.3 is 0 Å². The van der Waals surface area contributed by atoms with Crippen LogP contribution in [0.15, 0.2) is 0 Å². The minimum Gasteiger partial charge on any atom is -0.316 e. The molecule has 0 radical (unpaired) electrons. The second-order valence-electron chi connectivity index (χ2n) is 5.98. The normalized spacial score (nSPS) is 18.7. The van der Waals surface area contributed by atoms with E-state index < -0.39 is 0 Å². The molecule has 0 aromatic heterocycles. The SMILES string of the molecule is CCNCC(CC)(CC)CN(C)C(C)C1CC1. The molecule has 1 atom stereocenters. The summed E-state index contributed by atoms with van der Waals surface area (Å²) in [6, 6.07) is 0.772. The van der Waals surface area contributed by atoms with Crippen LogP contribution in [-0.2, 0) is 0 Å². The van der Waals surface area contributed by atoms with Crippen LogP contribution >= 0.6 is 0 Å². The van der Waals surface area contributed by atoms with E-state index in [9.17, 15) is 0 Å². The molecule has 17 heavy (non-hydrogen) atoms. The van der Waals surface area contributed by atoms with Gasteiger partial charge in [-0.15, -0.1) is 0 Å².